The Bertz CT molecular complexity index is 624. The van der Waals surface area contributed by atoms with E-state index in [1.807, 2.05) is 85.8 Å². The minimum atomic E-state index is -0.0494. The first kappa shape index (κ1) is 14.8. The second-order valence-corrected chi connectivity index (χ2v) is 4.77. The molecule has 0 heterocycles. The largest absolute Gasteiger partial charge is 0.349 e. The smallest absolute Gasteiger partial charge is 0.251 e. The molecule has 2 heteroatoms. The maximum atomic E-state index is 11.8. The fourth-order valence-corrected chi connectivity index (χ4v) is 1.84. The normalized spacial score (nSPS) is 11.1. The number of aryl methyl sites for hydroxylation is 1. The number of hydrogen-bond donors (Lipinski definition) is 1. The Balaban J connectivity index is 1.76. The molecule has 2 aromatic rings. The van der Waals surface area contributed by atoms with Crippen LogP contribution in [0, 0.1) is 6.92 Å². The fraction of sp³-hybridized carbons (Fsp3) is 0.105. The van der Waals surface area contributed by atoms with Crippen LogP contribution in [0.3, 0.4) is 0 Å². The number of carbonyl (C=O) groups excluding carboxylic acids is 1. The van der Waals surface area contributed by atoms with Crippen LogP contribution < -0.4 is 5.32 Å². The van der Waals surface area contributed by atoms with Gasteiger partial charge in [-0.1, -0.05) is 72.3 Å². The van der Waals surface area contributed by atoms with Crippen LogP contribution in [-0.4, -0.2) is 12.5 Å². The average molecular weight is 277 g/mol. The molecule has 0 aliphatic carbocycles. The Labute approximate surface area is 125 Å². The topological polar surface area (TPSA) is 29.1 Å². The zero-order valence-corrected chi connectivity index (χ0v) is 12.1. The Kier molecular flexibility index (Phi) is 5.53. The number of benzene rings is 2. The van der Waals surface area contributed by atoms with Gasteiger partial charge in [-0.05, 0) is 24.6 Å². The van der Waals surface area contributed by atoms with E-state index in [-0.39, 0.29) is 5.91 Å². The molecule has 0 spiro atoms. The molecular weight excluding hydrogens is 258 g/mol. The molecule has 0 atom stereocenters. The SMILES string of the molecule is Cc1ccc(C(=O)NC/C=C/C=C/c2ccccc2)cc1. The van der Waals surface area contributed by atoms with Gasteiger partial charge in [-0.3, -0.25) is 4.79 Å². The maximum Gasteiger partial charge on any atom is 0.251 e. The molecule has 1 N–H and O–H groups in total. The highest BCUT2D eigenvalue weighted by molar-refractivity contribution is 5.94. The minimum Gasteiger partial charge on any atom is -0.349 e. The number of allylic oxidation sites excluding steroid dienone is 2. The van der Waals surface area contributed by atoms with Crippen LogP contribution in [0.15, 0.2) is 72.8 Å². The Morgan fingerprint density at radius 2 is 1.71 bits per heavy atom. The van der Waals surface area contributed by atoms with Gasteiger partial charge in [0.1, 0.15) is 0 Å². The van der Waals surface area contributed by atoms with E-state index >= 15 is 0 Å². The second kappa shape index (κ2) is 7.85. The van der Waals surface area contributed by atoms with Gasteiger partial charge < -0.3 is 5.32 Å². The van der Waals surface area contributed by atoms with Gasteiger partial charge in [0.15, 0.2) is 0 Å². The van der Waals surface area contributed by atoms with E-state index in [1.165, 1.54) is 0 Å². The van der Waals surface area contributed by atoms with Crippen molar-refractivity contribution in [2.45, 2.75) is 6.92 Å². The van der Waals surface area contributed by atoms with Crippen LogP contribution in [-0.2, 0) is 0 Å². The van der Waals surface area contributed by atoms with Crippen LogP contribution in [0.4, 0.5) is 0 Å². The van der Waals surface area contributed by atoms with E-state index in [0.29, 0.717) is 12.1 Å². The first-order valence-corrected chi connectivity index (χ1v) is 6.99. The lowest BCUT2D eigenvalue weighted by Crippen LogP contribution is -2.23. The number of nitrogens with one attached hydrogen (secondary N) is 1. The predicted octanol–water partition coefficient (Wildman–Crippen LogP) is 3.99. The molecule has 2 rings (SSSR count). The summed E-state index contributed by atoms with van der Waals surface area (Å²) in [4.78, 5) is 11.8. The van der Waals surface area contributed by atoms with Crippen molar-refractivity contribution in [3.05, 3.63) is 89.5 Å². The summed E-state index contributed by atoms with van der Waals surface area (Å²) in [6, 6.07) is 17.6. The molecule has 0 fully saturated rings. The zero-order valence-electron chi connectivity index (χ0n) is 12.1. The summed E-state index contributed by atoms with van der Waals surface area (Å²) in [5, 5.41) is 2.86. The lowest BCUT2D eigenvalue weighted by molar-refractivity contribution is 0.0958. The summed E-state index contributed by atoms with van der Waals surface area (Å²) in [6.07, 6.45) is 7.85. The molecule has 1 amide bonds. The van der Waals surface area contributed by atoms with Crippen molar-refractivity contribution >= 4 is 12.0 Å². The molecule has 0 saturated heterocycles. The highest BCUT2D eigenvalue weighted by Crippen LogP contribution is 2.03. The van der Waals surface area contributed by atoms with E-state index in [4.69, 9.17) is 0 Å². The van der Waals surface area contributed by atoms with Gasteiger partial charge in [-0.15, -0.1) is 0 Å². The highest BCUT2D eigenvalue weighted by atomic mass is 16.1. The summed E-state index contributed by atoms with van der Waals surface area (Å²) in [7, 11) is 0. The van der Waals surface area contributed by atoms with E-state index in [1.54, 1.807) is 0 Å². The molecule has 0 unspecified atom stereocenters. The fourth-order valence-electron chi connectivity index (χ4n) is 1.84. The summed E-state index contributed by atoms with van der Waals surface area (Å²) in [6.45, 7) is 2.52. The number of hydrogen-bond acceptors (Lipinski definition) is 1. The van der Waals surface area contributed by atoms with Gasteiger partial charge >= 0.3 is 0 Å². The van der Waals surface area contributed by atoms with E-state index in [2.05, 4.69) is 5.32 Å². The second-order valence-electron chi connectivity index (χ2n) is 4.77. The molecule has 0 aromatic heterocycles. The first-order chi connectivity index (χ1) is 10.3. The monoisotopic (exact) mass is 277 g/mol. The summed E-state index contributed by atoms with van der Waals surface area (Å²) >= 11 is 0. The standard InChI is InChI=1S/C19H19NO/c1-16-11-13-18(14-12-16)19(21)20-15-7-3-6-10-17-8-4-2-5-9-17/h2-14H,15H2,1H3,(H,20,21)/b7-3+,10-6+. The molecule has 0 aliphatic rings. The third-order valence-corrected chi connectivity index (χ3v) is 3.03. The lowest BCUT2D eigenvalue weighted by atomic mass is 10.1. The maximum absolute atomic E-state index is 11.8. The van der Waals surface area contributed by atoms with Crippen LogP contribution in [0.25, 0.3) is 6.08 Å². The predicted molar refractivity (Wildman–Crippen MR) is 88.1 cm³/mol. The van der Waals surface area contributed by atoms with Crippen molar-refractivity contribution in [3.63, 3.8) is 0 Å². The van der Waals surface area contributed by atoms with Gasteiger partial charge in [0.25, 0.3) is 5.91 Å². The highest BCUT2D eigenvalue weighted by Gasteiger charge is 2.01. The number of amides is 1. The molecule has 0 aliphatic heterocycles. The van der Waals surface area contributed by atoms with E-state index < -0.39 is 0 Å². The Hall–Kier alpha value is -2.61. The minimum absolute atomic E-state index is 0.0494. The van der Waals surface area contributed by atoms with Crippen LogP contribution >= 0.6 is 0 Å². The van der Waals surface area contributed by atoms with Gasteiger partial charge in [-0.25, -0.2) is 0 Å². The number of carbonyl (C=O) groups is 1. The molecule has 0 saturated carbocycles. The first-order valence-electron chi connectivity index (χ1n) is 6.99. The van der Waals surface area contributed by atoms with Crippen LogP contribution in [0.1, 0.15) is 21.5 Å². The van der Waals surface area contributed by atoms with Crippen molar-refractivity contribution < 1.29 is 4.79 Å². The summed E-state index contributed by atoms with van der Waals surface area (Å²) in [5.41, 5.74) is 3.00. The lowest BCUT2D eigenvalue weighted by Gasteiger charge is -2.02. The summed E-state index contributed by atoms with van der Waals surface area (Å²) in [5.74, 6) is -0.0494. The van der Waals surface area contributed by atoms with Crippen molar-refractivity contribution in [1.82, 2.24) is 5.32 Å². The Morgan fingerprint density at radius 1 is 1.00 bits per heavy atom. The molecule has 0 bridgehead atoms. The molecule has 0 radical (unpaired) electrons. The third kappa shape index (κ3) is 5.11. The van der Waals surface area contributed by atoms with Crippen molar-refractivity contribution in [3.8, 4) is 0 Å². The molecule has 2 nitrogen and oxygen atoms in total. The van der Waals surface area contributed by atoms with Crippen LogP contribution in [0.2, 0.25) is 0 Å². The third-order valence-electron chi connectivity index (χ3n) is 3.03. The van der Waals surface area contributed by atoms with Crippen molar-refractivity contribution in [1.29, 1.82) is 0 Å². The zero-order chi connectivity index (χ0) is 14.9. The van der Waals surface area contributed by atoms with Gasteiger partial charge in [0.05, 0.1) is 0 Å². The number of rotatable bonds is 5. The van der Waals surface area contributed by atoms with Gasteiger partial charge in [0, 0.05) is 12.1 Å². The molecule has 2 aromatic carbocycles. The Morgan fingerprint density at radius 3 is 2.43 bits per heavy atom. The van der Waals surface area contributed by atoms with E-state index in [0.717, 1.165) is 11.1 Å². The van der Waals surface area contributed by atoms with Crippen LogP contribution in [0.5, 0.6) is 0 Å². The molecule has 21 heavy (non-hydrogen) atoms. The van der Waals surface area contributed by atoms with E-state index in [9.17, 15) is 4.79 Å². The molecule has 106 valence electrons. The van der Waals surface area contributed by atoms with Crippen molar-refractivity contribution in [2.75, 3.05) is 6.54 Å². The average Bonchev–Trinajstić information content (AvgIpc) is 2.52. The summed E-state index contributed by atoms with van der Waals surface area (Å²) < 4.78 is 0. The van der Waals surface area contributed by atoms with Gasteiger partial charge in [0.2, 0.25) is 0 Å². The van der Waals surface area contributed by atoms with Gasteiger partial charge in [-0.2, -0.15) is 0 Å². The quantitative estimate of drug-likeness (QED) is 0.822. The van der Waals surface area contributed by atoms with Crippen molar-refractivity contribution in [2.24, 2.45) is 0 Å². The molecular formula is C19H19NO.